The molecule has 0 atom stereocenters. The van der Waals surface area contributed by atoms with Crippen LogP contribution >= 0.6 is 0 Å². The first-order valence-electron chi connectivity index (χ1n) is 5.17. The minimum Gasteiger partial charge on any atom is -0.438 e. The zero-order chi connectivity index (χ0) is 13.8. The van der Waals surface area contributed by atoms with E-state index in [-0.39, 0.29) is 23.0 Å². The number of nitrogens with two attached hydrogens (primary N) is 1. The Morgan fingerprint density at radius 1 is 1.26 bits per heavy atom. The number of halogens is 2. The van der Waals surface area contributed by atoms with E-state index < -0.39 is 11.6 Å². The maximum atomic E-state index is 13.0. The predicted octanol–water partition coefficient (Wildman–Crippen LogP) is 2.25. The normalized spacial score (nSPS) is 11.4. The minimum absolute atomic E-state index is 0.0174. The first-order valence-corrected chi connectivity index (χ1v) is 5.17. The highest BCUT2D eigenvalue weighted by Gasteiger charge is 2.11. The smallest absolute Gasteiger partial charge is 0.230 e. The number of oxime groups is 1. The van der Waals surface area contributed by atoms with E-state index in [1.807, 2.05) is 0 Å². The largest absolute Gasteiger partial charge is 0.438 e. The van der Waals surface area contributed by atoms with Crippen molar-refractivity contribution in [3.63, 3.8) is 0 Å². The molecular formula is C12H9F2N3O2. The zero-order valence-corrected chi connectivity index (χ0v) is 9.55. The van der Waals surface area contributed by atoms with Crippen LogP contribution in [0.1, 0.15) is 5.56 Å². The number of benzene rings is 1. The Morgan fingerprint density at radius 2 is 2.05 bits per heavy atom. The van der Waals surface area contributed by atoms with Gasteiger partial charge in [-0.25, -0.2) is 13.8 Å². The lowest BCUT2D eigenvalue weighted by atomic mass is 10.2. The molecule has 2 aromatic rings. The lowest BCUT2D eigenvalue weighted by Gasteiger charge is -2.08. The zero-order valence-electron chi connectivity index (χ0n) is 9.55. The number of pyridine rings is 1. The molecule has 3 N–H and O–H groups in total. The van der Waals surface area contributed by atoms with Gasteiger partial charge < -0.3 is 15.7 Å². The van der Waals surface area contributed by atoms with Gasteiger partial charge in [0.25, 0.3) is 0 Å². The number of nitrogens with zero attached hydrogens (tertiary/aromatic N) is 2. The summed E-state index contributed by atoms with van der Waals surface area (Å²) in [4.78, 5) is 3.88. The van der Waals surface area contributed by atoms with Crippen molar-refractivity contribution in [1.82, 2.24) is 4.98 Å². The second-order valence-electron chi connectivity index (χ2n) is 3.52. The van der Waals surface area contributed by atoms with Crippen LogP contribution in [0.4, 0.5) is 8.78 Å². The number of ether oxygens (including phenoxy) is 1. The number of amidine groups is 1. The summed E-state index contributed by atoms with van der Waals surface area (Å²) in [7, 11) is 0. The number of aromatic nitrogens is 1. The van der Waals surface area contributed by atoms with Gasteiger partial charge >= 0.3 is 0 Å². The summed E-state index contributed by atoms with van der Waals surface area (Å²) in [5.41, 5.74) is 5.68. The van der Waals surface area contributed by atoms with E-state index in [1.165, 1.54) is 18.3 Å². The Balaban J connectivity index is 2.35. The van der Waals surface area contributed by atoms with Crippen LogP contribution < -0.4 is 10.5 Å². The Hall–Kier alpha value is -2.70. The van der Waals surface area contributed by atoms with E-state index in [0.29, 0.717) is 0 Å². The molecule has 0 saturated heterocycles. The van der Waals surface area contributed by atoms with Crippen molar-refractivity contribution >= 4 is 5.84 Å². The third-order valence-corrected chi connectivity index (χ3v) is 2.26. The molecule has 2 rings (SSSR count). The molecule has 1 aromatic heterocycles. The fraction of sp³-hybridized carbons (Fsp3) is 0. The summed E-state index contributed by atoms with van der Waals surface area (Å²) in [6.07, 6.45) is 1.42. The average molecular weight is 265 g/mol. The Bertz CT molecular complexity index is 632. The first kappa shape index (κ1) is 12.7. The second-order valence-corrected chi connectivity index (χ2v) is 3.52. The molecule has 0 saturated carbocycles. The van der Waals surface area contributed by atoms with E-state index in [0.717, 1.165) is 12.1 Å². The summed E-state index contributed by atoms with van der Waals surface area (Å²) in [5, 5.41) is 11.5. The van der Waals surface area contributed by atoms with Crippen molar-refractivity contribution in [2.75, 3.05) is 0 Å². The van der Waals surface area contributed by atoms with Gasteiger partial charge in [-0.05, 0) is 24.3 Å². The van der Waals surface area contributed by atoms with E-state index >= 15 is 0 Å². The highest BCUT2D eigenvalue weighted by molar-refractivity contribution is 5.99. The van der Waals surface area contributed by atoms with Crippen molar-refractivity contribution in [2.24, 2.45) is 10.9 Å². The molecule has 0 radical (unpaired) electrons. The molecular weight excluding hydrogens is 256 g/mol. The molecule has 0 aliphatic heterocycles. The van der Waals surface area contributed by atoms with Gasteiger partial charge in [0, 0.05) is 12.3 Å². The quantitative estimate of drug-likeness (QED) is 0.386. The minimum atomic E-state index is -1.04. The molecule has 0 amide bonds. The summed E-state index contributed by atoms with van der Waals surface area (Å²) < 4.78 is 31.1. The van der Waals surface area contributed by atoms with Crippen LogP contribution in [0.3, 0.4) is 0 Å². The van der Waals surface area contributed by atoms with Crippen molar-refractivity contribution in [1.29, 1.82) is 0 Å². The van der Waals surface area contributed by atoms with Crippen molar-refractivity contribution < 1.29 is 18.7 Å². The van der Waals surface area contributed by atoms with Crippen LogP contribution in [0, 0.1) is 11.6 Å². The van der Waals surface area contributed by atoms with Gasteiger partial charge in [0.05, 0.1) is 5.56 Å². The Labute approximate surface area is 107 Å². The van der Waals surface area contributed by atoms with E-state index in [1.54, 1.807) is 6.07 Å². The molecule has 0 aliphatic rings. The lowest BCUT2D eigenvalue weighted by Crippen LogP contribution is -2.14. The van der Waals surface area contributed by atoms with Crippen LogP contribution in [0.2, 0.25) is 0 Å². The monoisotopic (exact) mass is 265 g/mol. The number of hydrogen-bond acceptors (Lipinski definition) is 4. The standard InChI is InChI=1S/C12H9F2N3O2/c13-9-4-3-7(6-10(9)14)19-12-8(11(15)17-18)2-1-5-16-12/h1-6,18H,(H2,15,17). The molecule has 98 valence electrons. The van der Waals surface area contributed by atoms with E-state index in [2.05, 4.69) is 10.1 Å². The Morgan fingerprint density at radius 3 is 2.74 bits per heavy atom. The highest BCUT2D eigenvalue weighted by Crippen LogP contribution is 2.24. The fourth-order valence-electron chi connectivity index (χ4n) is 1.37. The Kier molecular flexibility index (Phi) is 3.56. The van der Waals surface area contributed by atoms with Crippen molar-refractivity contribution in [3.8, 4) is 11.6 Å². The van der Waals surface area contributed by atoms with Crippen molar-refractivity contribution in [2.45, 2.75) is 0 Å². The van der Waals surface area contributed by atoms with Crippen LogP contribution in [-0.4, -0.2) is 16.0 Å². The maximum Gasteiger partial charge on any atom is 0.230 e. The average Bonchev–Trinajstić information content (AvgIpc) is 2.43. The maximum absolute atomic E-state index is 13.0. The van der Waals surface area contributed by atoms with Crippen LogP contribution in [0.15, 0.2) is 41.7 Å². The SMILES string of the molecule is N/C(=N\O)c1cccnc1Oc1ccc(F)c(F)c1. The summed E-state index contributed by atoms with van der Waals surface area (Å²) >= 11 is 0. The van der Waals surface area contributed by atoms with Crippen molar-refractivity contribution in [3.05, 3.63) is 53.7 Å². The lowest BCUT2D eigenvalue weighted by molar-refractivity contribution is 0.318. The van der Waals surface area contributed by atoms with Gasteiger partial charge in [-0.3, -0.25) is 0 Å². The van der Waals surface area contributed by atoms with Gasteiger partial charge in [0.15, 0.2) is 17.5 Å². The van der Waals surface area contributed by atoms with Gasteiger partial charge in [-0.2, -0.15) is 0 Å². The molecule has 19 heavy (non-hydrogen) atoms. The molecule has 1 heterocycles. The van der Waals surface area contributed by atoms with Crippen LogP contribution in [0.5, 0.6) is 11.6 Å². The highest BCUT2D eigenvalue weighted by atomic mass is 19.2. The number of hydrogen-bond donors (Lipinski definition) is 2. The number of rotatable bonds is 3. The van der Waals surface area contributed by atoms with E-state index in [9.17, 15) is 8.78 Å². The molecule has 0 fully saturated rings. The topological polar surface area (TPSA) is 80.7 Å². The summed E-state index contributed by atoms with van der Waals surface area (Å²) in [6, 6.07) is 6.11. The van der Waals surface area contributed by atoms with Gasteiger partial charge in [0.2, 0.25) is 5.88 Å². The predicted molar refractivity (Wildman–Crippen MR) is 63.2 cm³/mol. The molecule has 0 aliphatic carbocycles. The first-order chi connectivity index (χ1) is 9.11. The van der Waals surface area contributed by atoms with Gasteiger partial charge in [-0.15, -0.1) is 0 Å². The second kappa shape index (κ2) is 5.30. The molecule has 1 aromatic carbocycles. The summed E-state index contributed by atoms with van der Waals surface area (Å²) in [5.74, 6) is -2.16. The van der Waals surface area contributed by atoms with Gasteiger partial charge in [0.1, 0.15) is 5.75 Å². The summed E-state index contributed by atoms with van der Waals surface area (Å²) in [6.45, 7) is 0. The molecule has 5 nitrogen and oxygen atoms in total. The fourth-order valence-corrected chi connectivity index (χ4v) is 1.37. The van der Waals surface area contributed by atoms with Gasteiger partial charge in [-0.1, -0.05) is 5.16 Å². The molecule has 7 heteroatoms. The van der Waals surface area contributed by atoms with Crippen LogP contribution in [0.25, 0.3) is 0 Å². The molecule has 0 bridgehead atoms. The third kappa shape index (κ3) is 2.76. The van der Waals surface area contributed by atoms with E-state index in [4.69, 9.17) is 15.7 Å². The van der Waals surface area contributed by atoms with Crippen LogP contribution in [-0.2, 0) is 0 Å². The molecule has 0 unspecified atom stereocenters. The molecule has 0 spiro atoms. The third-order valence-electron chi connectivity index (χ3n) is 2.26.